The van der Waals surface area contributed by atoms with Crippen molar-refractivity contribution in [2.45, 2.75) is 38.0 Å². The van der Waals surface area contributed by atoms with Gasteiger partial charge in [0.25, 0.3) is 0 Å². The fourth-order valence-electron chi connectivity index (χ4n) is 1.53. The van der Waals surface area contributed by atoms with E-state index in [-0.39, 0.29) is 0 Å². The zero-order valence-corrected chi connectivity index (χ0v) is 10.1. The van der Waals surface area contributed by atoms with Crippen molar-refractivity contribution < 1.29 is 0 Å². The van der Waals surface area contributed by atoms with Crippen LogP contribution in [0.25, 0.3) is 0 Å². The summed E-state index contributed by atoms with van der Waals surface area (Å²) >= 11 is 3.71. The fourth-order valence-corrected chi connectivity index (χ4v) is 3.47. The fraction of sp³-hybridized carbons (Fsp3) is 0.778. The van der Waals surface area contributed by atoms with Crippen molar-refractivity contribution >= 4 is 28.2 Å². The van der Waals surface area contributed by atoms with Gasteiger partial charge in [0.1, 0.15) is 5.01 Å². The highest BCUT2D eigenvalue weighted by Gasteiger charge is 2.24. The number of anilines is 1. The summed E-state index contributed by atoms with van der Waals surface area (Å²) in [6.45, 7) is 4.38. The molecule has 0 saturated carbocycles. The number of hydrogen-bond donors (Lipinski definition) is 1. The minimum atomic E-state index is 0.581. The molecule has 5 heteroatoms. The number of hydrogen-bond acceptors (Lipinski definition) is 5. The van der Waals surface area contributed by atoms with Crippen molar-refractivity contribution in [3.63, 3.8) is 0 Å². The largest absolute Gasteiger partial charge is 0.356 e. The molecule has 1 saturated heterocycles. The highest BCUT2D eigenvalue weighted by Crippen LogP contribution is 2.29. The van der Waals surface area contributed by atoms with Gasteiger partial charge in [0.2, 0.25) is 5.13 Å². The summed E-state index contributed by atoms with van der Waals surface area (Å²) in [5.41, 5.74) is 0. The second kappa shape index (κ2) is 4.49. The Kier molecular flexibility index (Phi) is 3.28. The molecular weight excluding hydrogens is 214 g/mol. The molecule has 0 bridgehead atoms. The summed E-state index contributed by atoms with van der Waals surface area (Å²) in [4.78, 5) is 0. The van der Waals surface area contributed by atoms with Crippen LogP contribution >= 0.6 is 23.1 Å². The molecule has 1 aliphatic heterocycles. The highest BCUT2D eigenvalue weighted by molar-refractivity contribution is 8.00. The smallest absolute Gasteiger partial charge is 0.205 e. The minimum absolute atomic E-state index is 0.581. The summed E-state index contributed by atoms with van der Waals surface area (Å²) in [5, 5.41) is 14.5. The van der Waals surface area contributed by atoms with Gasteiger partial charge in [-0.15, -0.1) is 10.2 Å². The van der Waals surface area contributed by atoms with Gasteiger partial charge in [-0.05, 0) is 18.6 Å². The van der Waals surface area contributed by atoms with E-state index in [1.807, 2.05) is 11.8 Å². The van der Waals surface area contributed by atoms with Crippen molar-refractivity contribution in [3.05, 3.63) is 5.01 Å². The second-order valence-electron chi connectivity index (χ2n) is 3.47. The average molecular weight is 229 g/mol. The van der Waals surface area contributed by atoms with E-state index in [1.165, 1.54) is 12.2 Å². The molecule has 1 aromatic rings. The summed E-state index contributed by atoms with van der Waals surface area (Å²) in [6, 6.07) is 0.581. The lowest BCUT2D eigenvalue weighted by Crippen LogP contribution is -2.24. The van der Waals surface area contributed by atoms with Crippen LogP contribution in [0.4, 0.5) is 5.13 Å². The molecule has 1 N–H and O–H groups in total. The number of thioether (sulfide) groups is 1. The van der Waals surface area contributed by atoms with Crippen molar-refractivity contribution in [2.75, 3.05) is 11.1 Å². The minimum Gasteiger partial charge on any atom is -0.356 e. The topological polar surface area (TPSA) is 37.8 Å². The maximum Gasteiger partial charge on any atom is 0.205 e. The van der Waals surface area contributed by atoms with Gasteiger partial charge < -0.3 is 5.32 Å². The van der Waals surface area contributed by atoms with Gasteiger partial charge in [-0.3, -0.25) is 0 Å². The summed E-state index contributed by atoms with van der Waals surface area (Å²) < 4.78 is 0. The van der Waals surface area contributed by atoms with Gasteiger partial charge in [-0.2, -0.15) is 11.8 Å². The van der Waals surface area contributed by atoms with E-state index in [2.05, 4.69) is 29.4 Å². The van der Waals surface area contributed by atoms with Crippen LogP contribution in [0, 0.1) is 0 Å². The van der Waals surface area contributed by atoms with Crippen LogP contribution in [0.1, 0.15) is 25.3 Å². The van der Waals surface area contributed by atoms with Crippen molar-refractivity contribution in [2.24, 2.45) is 0 Å². The van der Waals surface area contributed by atoms with Crippen LogP contribution in [-0.2, 0) is 6.42 Å². The first-order valence-corrected chi connectivity index (χ1v) is 6.86. The zero-order chi connectivity index (χ0) is 9.97. The maximum atomic E-state index is 4.13. The molecular formula is C9H15N3S2. The van der Waals surface area contributed by atoms with Crippen molar-refractivity contribution in [3.8, 4) is 0 Å². The molecule has 0 aromatic carbocycles. The Morgan fingerprint density at radius 2 is 2.36 bits per heavy atom. The van der Waals surface area contributed by atoms with Crippen molar-refractivity contribution in [1.82, 2.24) is 10.2 Å². The molecule has 1 aromatic heterocycles. The average Bonchev–Trinajstić information content (AvgIpc) is 2.77. The first-order chi connectivity index (χ1) is 6.79. The van der Waals surface area contributed by atoms with Gasteiger partial charge >= 0.3 is 0 Å². The standard InChI is InChI=1S/C9H15N3S2/c1-3-8-11-12-9(14-8)10-7-4-5-13-6(7)2/h6-7H,3-5H2,1-2H3,(H,10,12). The Bertz CT molecular complexity index is 300. The molecule has 1 aliphatic rings. The lowest BCUT2D eigenvalue weighted by atomic mass is 10.2. The van der Waals surface area contributed by atoms with E-state index in [1.54, 1.807) is 11.3 Å². The highest BCUT2D eigenvalue weighted by atomic mass is 32.2. The molecule has 2 atom stereocenters. The molecule has 0 spiro atoms. The van der Waals surface area contributed by atoms with Gasteiger partial charge in [-0.1, -0.05) is 25.2 Å². The van der Waals surface area contributed by atoms with E-state index in [4.69, 9.17) is 0 Å². The Morgan fingerprint density at radius 3 is 2.93 bits per heavy atom. The Balaban J connectivity index is 1.96. The zero-order valence-electron chi connectivity index (χ0n) is 8.49. The molecule has 2 heterocycles. The summed E-state index contributed by atoms with van der Waals surface area (Å²) in [6.07, 6.45) is 2.22. The molecule has 2 rings (SSSR count). The van der Waals surface area contributed by atoms with E-state index in [0.717, 1.165) is 16.6 Å². The number of nitrogens with zero attached hydrogens (tertiary/aromatic N) is 2. The van der Waals surface area contributed by atoms with E-state index < -0.39 is 0 Å². The second-order valence-corrected chi connectivity index (χ2v) is 6.02. The number of rotatable bonds is 3. The molecule has 3 nitrogen and oxygen atoms in total. The first kappa shape index (κ1) is 10.2. The van der Waals surface area contributed by atoms with Crippen molar-refractivity contribution in [1.29, 1.82) is 0 Å². The Labute approximate surface area is 92.7 Å². The molecule has 1 fully saturated rings. The maximum absolute atomic E-state index is 4.13. The molecule has 2 unspecified atom stereocenters. The van der Waals surface area contributed by atoms with Gasteiger partial charge in [-0.25, -0.2) is 0 Å². The summed E-state index contributed by atoms with van der Waals surface area (Å²) in [5.74, 6) is 1.26. The number of aryl methyl sites for hydroxylation is 1. The predicted octanol–water partition coefficient (Wildman–Crippen LogP) is 2.41. The predicted molar refractivity (Wildman–Crippen MR) is 63.2 cm³/mol. The third-order valence-corrected chi connectivity index (χ3v) is 4.78. The monoisotopic (exact) mass is 229 g/mol. The van der Waals surface area contributed by atoms with Crippen LogP contribution in [0.5, 0.6) is 0 Å². The SMILES string of the molecule is CCc1nnc(NC2CCSC2C)s1. The number of aromatic nitrogens is 2. The molecule has 0 amide bonds. The van der Waals surface area contributed by atoms with Gasteiger partial charge in [0.15, 0.2) is 0 Å². The third kappa shape index (κ3) is 2.20. The van der Waals surface area contributed by atoms with Gasteiger partial charge in [0, 0.05) is 11.3 Å². The molecule has 0 aliphatic carbocycles. The van der Waals surface area contributed by atoms with E-state index in [9.17, 15) is 0 Å². The molecule has 0 radical (unpaired) electrons. The van der Waals surface area contributed by atoms with Crippen LogP contribution in [0.2, 0.25) is 0 Å². The normalized spacial score (nSPS) is 26.7. The number of nitrogens with one attached hydrogen (secondary N) is 1. The van der Waals surface area contributed by atoms with Crippen LogP contribution in [0.3, 0.4) is 0 Å². The first-order valence-electron chi connectivity index (χ1n) is 5.00. The lowest BCUT2D eigenvalue weighted by molar-refractivity contribution is 0.721. The van der Waals surface area contributed by atoms with Crippen LogP contribution in [-0.4, -0.2) is 27.2 Å². The van der Waals surface area contributed by atoms with Gasteiger partial charge in [0.05, 0.1) is 0 Å². The molecule has 78 valence electrons. The quantitative estimate of drug-likeness (QED) is 0.863. The summed E-state index contributed by atoms with van der Waals surface area (Å²) in [7, 11) is 0. The molecule has 14 heavy (non-hydrogen) atoms. The Hall–Kier alpha value is -0.290. The van der Waals surface area contributed by atoms with Crippen LogP contribution in [0.15, 0.2) is 0 Å². The Morgan fingerprint density at radius 1 is 1.50 bits per heavy atom. The van der Waals surface area contributed by atoms with E-state index in [0.29, 0.717) is 11.3 Å². The third-order valence-electron chi connectivity index (χ3n) is 2.45. The van der Waals surface area contributed by atoms with E-state index >= 15 is 0 Å². The lowest BCUT2D eigenvalue weighted by Gasteiger charge is -2.14. The van der Waals surface area contributed by atoms with Crippen LogP contribution < -0.4 is 5.32 Å².